The fourth-order valence-corrected chi connectivity index (χ4v) is 3.77. The van der Waals surface area contributed by atoms with Crippen LogP contribution in [0.4, 0.5) is 0 Å². The minimum absolute atomic E-state index is 0.152. The number of aryl methyl sites for hydroxylation is 1. The Morgan fingerprint density at radius 1 is 0.812 bits per heavy atom. The van der Waals surface area contributed by atoms with E-state index in [1.165, 1.54) is 90.4 Å². The lowest BCUT2D eigenvalue weighted by molar-refractivity contribution is -0.145. The molecule has 32 heavy (non-hydrogen) atoms. The second kappa shape index (κ2) is 18.6. The van der Waals surface area contributed by atoms with Crippen LogP contribution in [0.3, 0.4) is 0 Å². The van der Waals surface area contributed by atoms with Crippen LogP contribution in [-0.4, -0.2) is 16.9 Å². The lowest BCUT2D eigenvalue weighted by atomic mass is 10.0. The maximum absolute atomic E-state index is 12.0. The molecule has 0 bridgehead atoms. The van der Waals surface area contributed by atoms with Gasteiger partial charge in [0.05, 0.1) is 5.69 Å². The highest BCUT2D eigenvalue weighted by Crippen LogP contribution is 2.18. The molecule has 0 aliphatic rings. The van der Waals surface area contributed by atoms with E-state index in [4.69, 9.17) is 9.47 Å². The first-order valence-corrected chi connectivity index (χ1v) is 12.8. The molecule has 1 aromatic rings. The molecular formula is C27H45NO4. The highest BCUT2D eigenvalue weighted by molar-refractivity contribution is 5.70. The van der Waals surface area contributed by atoms with Crippen molar-refractivity contribution in [2.45, 2.75) is 130 Å². The fourth-order valence-electron chi connectivity index (χ4n) is 3.77. The first-order chi connectivity index (χ1) is 15.5. The zero-order chi connectivity index (χ0) is 23.4. The van der Waals surface area contributed by atoms with Gasteiger partial charge in [-0.2, -0.15) is 0 Å². The van der Waals surface area contributed by atoms with Gasteiger partial charge in [-0.1, -0.05) is 96.8 Å². The van der Waals surface area contributed by atoms with Gasteiger partial charge in [-0.05, 0) is 19.4 Å². The van der Waals surface area contributed by atoms with Crippen LogP contribution < -0.4 is 4.74 Å². The molecule has 5 nitrogen and oxygen atoms in total. The third kappa shape index (κ3) is 15.0. The highest BCUT2D eigenvalue weighted by atomic mass is 16.5. The highest BCUT2D eigenvalue weighted by Gasteiger charge is 2.08. The molecule has 0 aromatic carbocycles. The topological polar surface area (TPSA) is 65.5 Å². The summed E-state index contributed by atoms with van der Waals surface area (Å²) in [6, 6.07) is 1.70. The van der Waals surface area contributed by atoms with Crippen molar-refractivity contribution in [2.75, 3.05) is 0 Å². The van der Waals surface area contributed by atoms with Crippen molar-refractivity contribution in [1.29, 1.82) is 0 Å². The summed E-state index contributed by atoms with van der Waals surface area (Å²) in [6.07, 6.45) is 21.7. The lowest BCUT2D eigenvalue weighted by Crippen LogP contribution is -2.07. The average Bonchev–Trinajstić information content (AvgIpc) is 2.76. The Labute approximate surface area is 195 Å². The molecular weight excluding hydrogens is 402 g/mol. The molecule has 1 rings (SSSR count). The first kappa shape index (κ1) is 28.1. The van der Waals surface area contributed by atoms with Crippen LogP contribution in [0.1, 0.15) is 128 Å². The summed E-state index contributed by atoms with van der Waals surface area (Å²) in [5, 5.41) is 0. The maximum atomic E-state index is 12.0. The molecule has 0 amide bonds. The van der Waals surface area contributed by atoms with Gasteiger partial charge in [0, 0.05) is 25.1 Å². The molecule has 1 heterocycles. The van der Waals surface area contributed by atoms with Gasteiger partial charge in [0.25, 0.3) is 0 Å². The molecule has 0 atom stereocenters. The van der Waals surface area contributed by atoms with Crippen molar-refractivity contribution < 1.29 is 19.1 Å². The molecule has 0 spiro atoms. The van der Waals surface area contributed by atoms with Crippen LogP contribution in [0.5, 0.6) is 5.75 Å². The third-order valence-electron chi connectivity index (χ3n) is 5.74. The molecule has 0 radical (unpaired) electrons. The standard InChI is InChI=1S/C27H45NO4/c1-4-5-6-7-8-9-10-11-12-13-14-15-16-17-18-19-27(30)31-22-25-20-26(32-24(3)29)23(2)28-21-25/h20-21H,4-19,22H2,1-3H3. The summed E-state index contributed by atoms with van der Waals surface area (Å²) in [4.78, 5) is 27.3. The first-order valence-electron chi connectivity index (χ1n) is 12.8. The van der Waals surface area contributed by atoms with Crippen molar-refractivity contribution in [1.82, 2.24) is 4.98 Å². The Morgan fingerprint density at radius 3 is 1.81 bits per heavy atom. The molecule has 1 aromatic heterocycles. The van der Waals surface area contributed by atoms with Crippen LogP contribution in [0, 0.1) is 6.92 Å². The number of carbonyl (C=O) groups excluding carboxylic acids is 2. The largest absolute Gasteiger partial charge is 0.461 e. The van der Waals surface area contributed by atoms with E-state index < -0.39 is 5.97 Å². The number of ether oxygens (including phenoxy) is 2. The lowest BCUT2D eigenvalue weighted by Gasteiger charge is -2.08. The predicted octanol–water partition coefficient (Wildman–Crippen LogP) is 7.62. The predicted molar refractivity (Wildman–Crippen MR) is 130 cm³/mol. The summed E-state index contributed by atoms with van der Waals surface area (Å²) < 4.78 is 10.4. The van der Waals surface area contributed by atoms with Gasteiger partial charge in [-0.15, -0.1) is 0 Å². The van der Waals surface area contributed by atoms with Crippen LogP contribution >= 0.6 is 0 Å². The number of nitrogens with zero attached hydrogens (tertiary/aromatic N) is 1. The second-order valence-corrected chi connectivity index (χ2v) is 8.88. The van der Waals surface area contributed by atoms with Gasteiger partial charge in [-0.25, -0.2) is 0 Å². The fraction of sp³-hybridized carbons (Fsp3) is 0.741. The van der Waals surface area contributed by atoms with Crippen molar-refractivity contribution in [2.24, 2.45) is 0 Å². The number of aromatic nitrogens is 1. The second-order valence-electron chi connectivity index (χ2n) is 8.88. The summed E-state index contributed by atoms with van der Waals surface area (Å²) in [7, 11) is 0. The number of pyridine rings is 1. The number of esters is 2. The van der Waals surface area contributed by atoms with Gasteiger partial charge in [0.15, 0.2) is 5.75 Å². The maximum Gasteiger partial charge on any atom is 0.308 e. The van der Waals surface area contributed by atoms with Crippen molar-refractivity contribution in [3.05, 3.63) is 23.5 Å². The number of hydrogen-bond donors (Lipinski definition) is 0. The molecule has 0 aliphatic heterocycles. The Bertz CT molecular complexity index is 645. The van der Waals surface area contributed by atoms with E-state index in [1.807, 2.05) is 0 Å². The van der Waals surface area contributed by atoms with E-state index in [0.717, 1.165) is 18.4 Å². The van der Waals surface area contributed by atoms with E-state index in [1.54, 1.807) is 19.2 Å². The van der Waals surface area contributed by atoms with E-state index >= 15 is 0 Å². The Kier molecular flexibility index (Phi) is 16.4. The zero-order valence-corrected chi connectivity index (χ0v) is 20.8. The summed E-state index contributed by atoms with van der Waals surface area (Å²) >= 11 is 0. The summed E-state index contributed by atoms with van der Waals surface area (Å²) in [5.74, 6) is -0.167. The monoisotopic (exact) mass is 447 g/mol. The molecule has 0 saturated heterocycles. The quantitative estimate of drug-likeness (QED) is 0.161. The summed E-state index contributed by atoms with van der Waals surface area (Å²) in [6.45, 7) is 5.54. The Balaban J connectivity index is 1.95. The molecule has 5 heteroatoms. The van der Waals surface area contributed by atoms with Crippen molar-refractivity contribution >= 4 is 11.9 Å². The van der Waals surface area contributed by atoms with Gasteiger partial charge in [-0.3, -0.25) is 14.6 Å². The number of carbonyl (C=O) groups is 2. The van der Waals surface area contributed by atoms with E-state index in [0.29, 0.717) is 17.9 Å². The molecule has 0 N–H and O–H groups in total. The minimum Gasteiger partial charge on any atom is -0.461 e. The average molecular weight is 448 g/mol. The number of hydrogen-bond acceptors (Lipinski definition) is 5. The number of rotatable bonds is 19. The molecule has 0 unspecified atom stereocenters. The molecule has 0 aliphatic carbocycles. The van der Waals surface area contributed by atoms with Crippen LogP contribution in [0.2, 0.25) is 0 Å². The van der Waals surface area contributed by atoms with Crippen LogP contribution in [0.25, 0.3) is 0 Å². The molecule has 182 valence electrons. The zero-order valence-electron chi connectivity index (χ0n) is 20.8. The van der Waals surface area contributed by atoms with Crippen molar-refractivity contribution in [3.8, 4) is 5.75 Å². The van der Waals surface area contributed by atoms with E-state index in [-0.39, 0.29) is 12.6 Å². The van der Waals surface area contributed by atoms with Gasteiger partial charge < -0.3 is 9.47 Å². The van der Waals surface area contributed by atoms with Gasteiger partial charge >= 0.3 is 11.9 Å². The van der Waals surface area contributed by atoms with Crippen LogP contribution in [0.15, 0.2) is 12.3 Å². The normalized spacial score (nSPS) is 10.8. The molecule has 0 fully saturated rings. The molecule has 0 saturated carbocycles. The smallest absolute Gasteiger partial charge is 0.308 e. The minimum atomic E-state index is -0.391. The number of unbranched alkanes of at least 4 members (excludes halogenated alkanes) is 14. The van der Waals surface area contributed by atoms with Crippen LogP contribution in [-0.2, 0) is 20.9 Å². The van der Waals surface area contributed by atoms with E-state index in [9.17, 15) is 9.59 Å². The van der Waals surface area contributed by atoms with Crippen molar-refractivity contribution in [3.63, 3.8) is 0 Å². The van der Waals surface area contributed by atoms with Gasteiger partial charge in [0.1, 0.15) is 6.61 Å². The Morgan fingerprint density at radius 2 is 1.31 bits per heavy atom. The van der Waals surface area contributed by atoms with E-state index in [2.05, 4.69) is 11.9 Å². The van der Waals surface area contributed by atoms with Gasteiger partial charge in [0.2, 0.25) is 0 Å². The Hall–Kier alpha value is -1.91. The third-order valence-corrected chi connectivity index (χ3v) is 5.74. The summed E-state index contributed by atoms with van der Waals surface area (Å²) in [5.41, 5.74) is 1.35. The SMILES string of the molecule is CCCCCCCCCCCCCCCCCC(=O)OCc1cnc(C)c(OC(C)=O)c1.